The van der Waals surface area contributed by atoms with Crippen molar-refractivity contribution in [1.82, 2.24) is 0 Å². The number of benzene rings is 2. The second-order valence-corrected chi connectivity index (χ2v) is 5.82. The first-order chi connectivity index (χ1) is 9.56. The van der Waals surface area contributed by atoms with Crippen LogP contribution in [0.25, 0.3) is 0 Å². The van der Waals surface area contributed by atoms with Gasteiger partial charge in [-0.25, -0.2) is 4.39 Å². The molecule has 0 N–H and O–H groups in total. The molecular weight excluding hydrogens is 321 g/mol. The Morgan fingerprint density at radius 1 is 1.25 bits per heavy atom. The number of hydrogen-bond acceptors (Lipinski definition) is 1. The molecule has 1 aliphatic heterocycles. The Balaban J connectivity index is 1.99. The van der Waals surface area contributed by atoms with E-state index in [2.05, 4.69) is 15.9 Å². The lowest BCUT2D eigenvalue weighted by atomic mass is 10.1. The minimum Gasteiger partial charge on any atom is -0.308 e. The third-order valence-corrected chi connectivity index (χ3v) is 4.20. The van der Waals surface area contributed by atoms with Crippen LogP contribution in [0, 0.1) is 12.7 Å². The number of carbonyl (C=O) groups is 1. The molecule has 0 aromatic heterocycles. The Morgan fingerprint density at radius 3 is 2.80 bits per heavy atom. The van der Waals surface area contributed by atoms with Crippen LogP contribution in [0.2, 0.25) is 0 Å². The van der Waals surface area contributed by atoms with Gasteiger partial charge in [0.1, 0.15) is 5.82 Å². The number of fused-ring (bicyclic) bond motifs is 1. The molecule has 102 valence electrons. The van der Waals surface area contributed by atoms with Gasteiger partial charge in [0, 0.05) is 11.0 Å². The van der Waals surface area contributed by atoms with E-state index >= 15 is 0 Å². The highest BCUT2D eigenvalue weighted by Crippen LogP contribution is 2.31. The molecule has 0 aliphatic carbocycles. The van der Waals surface area contributed by atoms with Crippen LogP contribution in [-0.4, -0.2) is 12.5 Å². The molecule has 0 atom stereocenters. The smallest absolute Gasteiger partial charge is 0.259 e. The largest absolute Gasteiger partial charge is 0.308 e. The van der Waals surface area contributed by atoms with E-state index < -0.39 is 0 Å². The minimum atomic E-state index is -0.313. The van der Waals surface area contributed by atoms with Crippen molar-refractivity contribution in [3.63, 3.8) is 0 Å². The van der Waals surface area contributed by atoms with Gasteiger partial charge in [-0.3, -0.25) is 4.79 Å². The molecule has 0 radical (unpaired) electrons. The van der Waals surface area contributed by atoms with E-state index in [0.29, 0.717) is 17.8 Å². The molecule has 0 saturated carbocycles. The summed E-state index contributed by atoms with van der Waals surface area (Å²) in [6.45, 7) is 2.57. The molecule has 4 heteroatoms. The molecule has 2 aromatic rings. The third-order valence-electron chi connectivity index (χ3n) is 3.54. The number of halogens is 2. The Morgan fingerprint density at radius 2 is 2.05 bits per heavy atom. The second-order valence-electron chi connectivity index (χ2n) is 4.96. The van der Waals surface area contributed by atoms with Crippen molar-refractivity contribution in [1.29, 1.82) is 0 Å². The SMILES string of the molecule is Cc1ccc(C(=O)N2CCc3ccc(F)cc32)c(Br)c1. The molecule has 0 unspecified atom stereocenters. The molecule has 2 nitrogen and oxygen atoms in total. The summed E-state index contributed by atoms with van der Waals surface area (Å²) < 4.78 is 14.2. The zero-order valence-electron chi connectivity index (χ0n) is 11.0. The number of anilines is 1. The summed E-state index contributed by atoms with van der Waals surface area (Å²) in [4.78, 5) is 14.3. The average molecular weight is 334 g/mol. The molecule has 0 fully saturated rings. The normalized spacial score (nSPS) is 13.4. The first-order valence-corrected chi connectivity index (χ1v) is 7.22. The van der Waals surface area contributed by atoms with Gasteiger partial charge in [0.25, 0.3) is 5.91 Å². The highest BCUT2D eigenvalue weighted by Gasteiger charge is 2.27. The van der Waals surface area contributed by atoms with Crippen LogP contribution in [0.5, 0.6) is 0 Å². The van der Waals surface area contributed by atoms with Crippen LogP contribution in [-0.2, 0) is 6.42 Å². The maximum atomic E-state index is 13.4. The van der Waals surface area contributed by atoms with Crippen LogP contribution in [0.4, 0.5) is 10.1 Å². The standard InChI is InChI=1S/C16H13BrFNO/c1-10-2-5-13(14(17)8-10)16(20)19-7-6-11-3-4-12(18)9-15(11)19/h2-5,8-9H,6-7H2,1H3. The molecule has 20 heavy (non-hydrogen) atoms. The van der Waals surface area contributed by atoms with Crippen molar-refractivity contribution in [3.05, 3.63) is 63.4 Å². The molecule has 1 heterocycles. The number of carbonyl (C=O) groups excluding carboxylic acids is 1. The van der Waals surface area contributed by atoms with E-state index in [1.54, 1.807) is 17.0 Å². The van der Waals surface area contributed by atoms with Crippen molar-refractivity contribution in [2.24, 2.45) is 0 Å². The molecule has 1 aliphatic rings. The number of rotatable bonds is 1. The highest BCUT2D eigenvalue weighted by molar-refractivity contribution is 9.10. The molecule has 3 rings (SSSR count). The molecule has 2 aromatic carbocycles. The van der Waals surface area contributed by atoms with Gasteiger partial charge in [-0.2, -0.15) is 0 Å². The van der Waals surface area contributed by atoms with Gasteiger partial charge in [0.15, 0.2) is 0 Å². The predicted octanol–water partition coefficient (Wildman–Crippen LogP) is 4.10. The first kappa shape index (κ1) is 13.3. The second kappa shape index (κ2) is 5.02. The molecule has 0 spiro atoms. The Bertz CT molecular complexity index is 699. The van der Waals surface area contributed by atoms with E-state index in [0.717, 1.165) is 22.0 Å². The van der Waals surface area contributed by atoms with Crippen molar-refractivity contribution < 1.29 is 9.18 Å². The number of nitrogens with zero attached hydrogens (tertiary/aromatic N) is 1. The molecule has 0 bridgehead atoms. The van der Waals surface area contributed by atoms with Gasteiger partial charge in [0.2, 0.25) is 0 Å². The first-order valence-electron chi connectivity index (χ1n) is 6.43. The zero-order valence-corrected chi connectivity index (χ0v) is 12.6. The van der Waals surface area contributed by atoms with Crippen LogP contribution in [0.15, 0.2) is 40.9 Å². The minimum absolute atomic E-state index is 0.0961. The highest BCUT2D eigenvalue weighted by atomic mass is 79.9. The molecule has 1 amide bonds. The summed E-state index contributed by atoms with van der Waals surface area (Å²) in [5, 5.41) is 0. The average Bonchev–Trinajstić information content (AvgIpc) is 2.81. The maximum Gasteiger partial charge on any atom is 0.259 e. The topological polar surface area (TPSA) is 20.3 Å². The van der Waals surface area contributed by atoms with E-state index in [4.69, 9.17) is 0 Å². The summed E-state index contributed by atoms with van der Waals surface area (Å²) in [5.74, 6) is -0.410. The van der Waals surface area contributed by atoms with Gasteiger partial charge in [-0.15, -0.1) is 0 Å². The van der Waals surface area contributed by atoms with Crippen LogP contribution in [0.1, 0.15) is 21.5 Å². The monoisotopic (exact) mass is 333 g/mol. The van der Waals surface area contributed by atoms with Gasteiger partial charge >= 0.3 is 0 Å². The summed E-state index contributed by atoms with van der Waals surface area (Å²) in [7, 11) is 0. The number of hydrogen-bond donors (Lipinski definition) is 0. The quantitative estimate of drug-likeness (QED) is 0.769. The third kappa shape index (κ3) is 2.24. The predicted molar refractivity (Wildman–Crippen MR) is 80.7 cm³/mol. The van der Waals surface area contributed by atoms with Crippen molar-refractivity contribution in [3.8, 4) is 0 Å². The van der Waals surface area contributed by atoms with Crippen molar-refractivity contribution >= 4 is 27.5 Å². The molecule has 0 saturated heterocycles. The summed E-state index contributed by atoms with van der Waals surface area (Å²) in [6, 6.07) is 10.2. The van der Waals surface area contributed by atoms with E-state index in [1.807, 2.05) is 19.1 Å². The van der Waals surface area contributed by atoms with E-state index in [-0.39, 0.29) is 11.7 Å². The van der Waals surface area contributed by atoms with E-state index in [9.17, 15) is 9.18 Å². The van der Waals surface area contributed by atoms with Crippen LogP contribution in [0.3, 0.4) is 0 Å². The molecular formula is C16H13BrFNO. The lowest BCUT2D eigenvalue weighted by Crippen LogP contribution is -2.29. The fourth-order valence-corrected chi connectivity index (χ4v) is 3.17. The van der Waals surface area contributed by atoms with Crippen LogP contribution < -0.4 is 4.90 Å². The summed E-state index contributed by atoms with van der Waals surface area (Å²) in [6.07, 6.45) is 0.769. The van der Waals surface area contributed by atoms with Gasteiger partial charge < -0.3 is 4.90 Å². The van der Waals surface area contributed by atoms with Crippen molar-refractivity contribution in [2.75, 3.05) is 11.4 Å². The fourth-order valence-electron chi connectivity index (χ4n) is 2.50. The Kier molecular flexibility index (Phi) is 3.34. The number of aryl methyl sites for hydroxylation is 1. The lowest BCUT2D eigenvalue weighted by Gasteiger charge is -2.18. The maximum absolute atomic E-state index is 13.4. The zero-order chi connectivity index (χ0) is 14.3. The summed E-state index contributed by atoms with van der Waals surface area (Å²) in [5.41, 5.74) is 3.39. The Hall–Kier alpha value is -1.68. The van der Waals surface area contributed by atoms with Gasteiger partial charge in [-0.1, -0.05) is 12.1 Å². The number of amides is 1. The fraction of sp³-hybridized carbons (Fsp3) is 0.188. The van der Waals surface area contributed by atoms with E-state index in [1.165, 1.54) is 12.1 Å². The summed E-state index contributed by atoms with van der Waals surface area (Å²) >= 11 is 3.43. The Labute approximate surface area is 125 Å². The van der Waals surface area contributed by atoms with Gasteiger partial charge in [0.05, 0.1) is 11.3 Å². The lowest BCUT2D eigenvalue weighted by molar-refractivity contribution is 0.0988. The van der Waals surface area contributed by atoms with Crippen molar-refractivity contribution in [2.45, 2.75) is 13.3 Å². The van der Waals surface area contributed by atoms with Gasteiger partial charge in [-0.05, 0) is 64.7 Å². The van der Waals surface area contributed by atoms with Crippen LogP contribution >= 0.6 is 15.9 Å².